The summed E-state index contributed by atoms with van der Waals surface area (Å²) in [6, 6.07) is 0. The Labute approximate surface area is 466 Å². The Hall–Kier alpha value is -5.23. The first-order valence-electron chi connectivity index (χ1n) is 30.1. The van der Waals surface area contributed by atoms with Crippen molar-refractivity contribution in [1.29, 1.82) is 0 Å². The summed E-state index contributed by atoms with van der Waals surface area (Å²) in [4.78, 5) is 38.2. The average Bonchev–Trinajstić information content (AvgIpc) is 3.42. The summed E-state index contributed by atoms with van der Waals surface area (Å²) >= 11 is 0. The normalized spacial score (nSPS) is 13.4. The van der Waals surface area contributed by atoms with Gasteiger partial charge in [-0.1, -0.05) is 236 Å². The molecule has 1 atom stereocenters. The summed E-state index contributed by atoms with van der Waals surface area (Å²) in [6.45, 7) is 6.29. The zero-order chi connectivity index (χ0) is 55.0. The Morgan fingerprint density at radius 2 is 0.526 bits per heavy atom. The van der Waals surface area contributed by atoms with E-state index in [-0.39, 0.29) is 44.0 Å². The minimum absolute atomic E-state index is 0.127. The molecule has 424 valence electrons. The van der Waals surface area contributed by atoms with E-state index in [0.29, 0.717) is 19.3 Å². The Morgan fingerprint density at radius 1 is 0.276 bits per heavy atom. The van der Waals surface area contributed by atoms with Crippen LogP contribution in [0.2, 0.25) is 0 Å². The van der Waals surface area contributed by atoms with Crippen LogP contribution < -0.4 is 0 Å². The number of rotatable bonds is 52. The van der Waals surface area contributed by atoms with Gasteiger partial charge in [0.05, 0.1) is 0 Å². The fourth-order valence-electron chi connectivity index (χ4n) is 7.49. The maximum absolute atomic E-state index is 12.8. The summed E-state index contributed by atoms with van der Waals surface area (Å²) in [6.07, 6.45) is 92.1. The monoisotopic (exact) mass is 1040 g/mol. The molecule has 0 saturated carbocycles. The van der Waals surface area contributed by atoms with Crippen LogP contribution in [0.1, 0.15) is 233 Å². The lowest BCUT2D eigenvalue weighted by Gasteiger charge is -2.18. The predicted molar refractivity (Wildman–Crippen MR) is 329 cm³/mol. The molecule has 76 heavy (non-hydrogen) atoms. The van der Waals surface area contributed by atoms with Crippen LogP contribution in [0.5, 0.6) is 0 Å². The fourth-order valence-corrected chi connectivity index (χ4v) is 7.49. The molecule has 6 heteroatoms. The fraction of sp³-hybridized carbons (Fsp3) is 0.557. The third-order valence-electron chi connectivity index (χ3n) is 11.9. The van der Waals surface area contributed by atoms with E-state index in [1.54, 1.807) is 0 Å². The van der Waals surface area contributed by atoms with E-state index < -0.39 is 6.10 Å². The maximum atomic E-state index is 12.8. The van der Waals surface area contributed by atoms with Gasteiger partial charge in [0.15, 0.2) is 6.10 Å². The molecular weight excluding hydrogens is 937 g/mol. The van der Waals surface area contributed by atoms with Gasteiger partial charge < -0.3 is 14.2 Å². The van der Waals surface area contributed by atoms with Gasteiger partial charge in [0.2, 0.25) is 0 Å². The summed E-state index contributed by atoms with van der Waals surface area (Å²) in [5.41, 5.74) is 0. The van der Waals surface area contributed by atoms with Crippen molar-refractivity contribution in [3.05, 3.63) is 170 Å². The second-order valence-electron chi connectivity index (χ2n) is 19.1. The standard InChI is InChI=1S/C70H108O6/c1-4-7-10-13-16-19-22-25-28-30-31-32-33-34-35-36-37-38-39-41-42-45-48-51-54-57-60-63-69(72)75-66-67(65-74-68(71)62-59-56-53-50-47-44-27-24-21-18-15-12-9-6-3)76-70(73)64-61-58-55-52-49-46-43-40-29-26-23-20-17-14-11-8-5-2/h7-8,10-11,16-17,19-20,24-29,31-32,34-35,37-38,41-43,46,48,51-52,55,67H,4-6,9,12-15,18,21-23,30,33,36,39-40,44-45,47,49-50,53-54,56-66H2,1-3H3/b10-7-,11-8-,19-16-,20-17-,27-24-,28-25-,29-26-,32-31-,35-34-,38-37-,42-41-,46-43-,51-48-,55-52-. The van der Waals surface area contributed by atoms with E-state index in [2.05, 4.69) is 191 Å². The Bertz CT molecular complexity index is 1770. The summed E-state index contributed by atoms with van der Waals surface area (Å²) < 4.78 is 16.8. The first-order chi connectivity index (χ1) is 37.5. The van der Waals surface area contributed by atoms with Crippen molar-refractivity contribution in [2.75, 3.05) is 13.2 Å². The molecule has 0 aromatic rings. The zero-order valence-corrected chi connectivity index (χ0v) is 48.4. The Balaban J connectivity index is 4.55. The minimum Gasteiger partial charge on any atom is -0.462 e. The van der Waals surface area contributed by atoms with Crippen molar-refractivity contribution in [2.24, 2.45) is 0 Å². The van der Waals surface area contributed by atoms with Crippen LogP contribution in [-0.4, -0.2) is 37.2 Å². The molecule has 1 unspecified atom stereocenters. The molecule has 0 amide bonds. The smallest absolute Gasteiger partial charge is 0.306 e. The Morgan fingerprint density at radius 3 is 0.882 bits per heavy atom. The molecule has 0 aliphatic carbocycles. The molecule has 0 radical (unpaired) electrons. The molecule has 6 nitrogen and oxygen atoms in total. The van der Waals surface area contributed by atoms with E-state index in [1.165, 1.54) is 44.9 Å². The second-order valence-corrected chi connectivity index (χ2v) is 19.1. The van der Waals surface area contributed by atoms with Crippen molar-refractivity contribution in [3.63, 3.8) is 0 Å². The van der Waals surface area contributed by atoms with Crippen LogP contribution in [0.3, 0.4) is 0 Å². The third kappa shape index (κ3) is 59.6. The molecule has 0 bridgehead atoms. The van der Waals surface area contributed by atoms with E-state index >= 15 is 0 Å². The van der Waals surface area contributed by atoms with E-state index in [4.69, 9.17) is 14.2 Å². The van der Waals surface area contributed by atoms with Crippen LogP contribution in [0.4, 0.5) is 0 Å². The van der Waals surface area contributed by atoms with E-state index in [9.17, 15) is 14.4 Å². The molecule has 0 saturated heterocycles. The molecule has 0 spiro atoms. The molecule has 0 rings (SSSR count). The Kier molecular flexibility index (Phi) is 58.0. The number of carbonyl (C=O) groups excluding carboxylic acids is 3. The summed E-state index contributed by atoms with van der Waals surface area (Å²) in [5, 5.41) is 0. The maximum Gasteiger partial charge on any atom is 0.306 e. The molecule has 0 aliphatic rings. The van der Waals surface area contributed by atoms with Crippen molar-refractivity contribution in [1.82, 2.24) is 0 Å². The SMILES string of the molecule is CC/C=C\C/C=C\C/C=C\C/C=C\C/C=C\C/C=C\C/C=C\C/C=C\CCCCC(=O)OCC(COC(=O)CCCCCCC/C=C\CCCCCCC)OC(=O)CCC/C=C\C/C=C\C/C=C\C/C=C\C/C=C\CC. The van der Waals surface area contributed by atoms with Crippen molar-refractivity contribution >= 4 is 17.9 Å². The molecule has 0 aromatic carbocycles. The van der Waals surface area contributed by atoms with Gasteiger partial charge in [0, 0.05) is 19.3 Å². The topological polar surface area (TPSA) is 78.9 Å². The second kappa shape index (κ2) is 62.3. The highest BCUT2D eigenvalue weighted by molar-refractivity contribution is 5.71. The lowest BCUT2D eigenvalue weighted by Crippen LogP contribution is -2.30. The number of allylic oxidation sites excluding steroid dienone is 28. The molecule has 0 heterocycles. The highest BCUT2D eigenvalue weighted by Gasteiger charge is 2.19. The predicted octanol–water partition coefficient (Wildman–Crippen LogP) is 20.7. The highest BCUT2D eigenvalue weighted by Crippen LogP contribution is 2.12. The van der Waals surface area contributed by atoms with Gasteiger partial charge in [-0.3, -0.25) is 14.4 Å². The summed E-state index contributed by atoms with van der Waals surface area (Å²) in [7, 11) is 0. The van der Waals surface area contributed by atoms with Gasteiger partial charge >= 0.3 is 17.9 Å². The average molecular weight is 1050 g/mol. The quantitative estimate of drug-likeness (QED) is 0.0261. The molecule has 0 aliphatic heterocycles. The van der Waals surface area contributed by atoms with Crippen LogP contribution in [0.25, 0.3) is 0 Å². The van der Waals surface area contributed by atoms with Gasteiger partial charge in [0.1, 0.15) is 13.2 Å². The van der Waals surface area contributed by atoms with Gasteiger partial charge in [-0.05, 0) is 148 Å². The third-order valence-corrected chi connectivity index (χ3v) is 11.9. The molecule has 0 fully saturated rings. The van der Waals surface area contributed by atoms with Crippen LogP contribution >= 0.6 is 0 Å². The van der Waals surface area contributed by atoms with Crippen LogP contribution in [0, 0.1) is 0 Å². The first-order valence-corrected chi connectivity index (χ1v) is 30.1. The number of hydrogen-bond donors (Lipinski definition) is 0. The van der Waals surface area contributed by atoms with Gasteiger partial charge in [-0.15, -0.1) is 0 Å². The first kappa shape index (κ1) is 70.8. The number of ether oxygens (including phenoxy) is 3. The van der Waals surface area contributed by atoms with Gasteiger partial charge in [0.25, 0.3) is 0 Å². The van der Waals surface area contributed by atoms with E-state index in [0.717, 1.165) is 135 Å². The van der Waals surface area contributed by atoms with Crippen LogP contribution in [0.15, 0.2) is 170 Å². The van der Waals surface area contributed by atoms with Crippen LogP contribution in [-0.2, 0) is 28.6 Å². The molecular formula is C70H108O6. The lowest BCUT2D eigenvalue weighted by atomic mass is 10.1. The number of hydrogen-bond acceptors (Lipinski definition) is 6. The van der Waals surface area contributed by atoms with Crippen molar-refractivity contribution < 1.29 is 28.6 Å². The number of unbranched alkanes of at least 4 members (excludes halogenated alkanes) is 13. The number of carbonyl (C=O) groups is 3. The van der Waals surface area contributed by atoms with E-state index in [1.807, 2.05) is 0 Å². The lowest BCUT2D eigenvalue weighted by molar-refractivity contribution is -0.167. The molecule has 0 aromatic heterocycles. The zero-order valence-electron chi connectivity index (χ0n) is 48.4. The van der Waals surface area contributed by atoms with Crippen molar-refractivity contribution in [2.45, 2.75) is 239 Å². The largest absolute Gasteiger partial charge is 0.462 e. The van der Waals surface area contributed by atoms with Crippen molar-refractivity contribution in [3.8, 4) is 0 Å². The number of esters is 3. The van der Waals surface area contributed by atoms with Gasteiger partial charge in [-0.25, -0.2) is 0 Å². The highest BCUT2D eigenvalue weighted by atomic mass is 16.6. The summed E-state index contributed by atoms with van der Waals surface area (Å²) in [5.74, 6) is -1.05. The minimum atomic E-state index is -0.839. The molecule has 0 N–H and O–H groups in total. The van der Waals surface area contributed by atoms with Gasteiger partial charge in [-0.2, -0.15) is 0 Å².